The second-order valence-electron chi connectivity index (χ2n) is 5.59. The van der Waals surface area contributed by atoms with Crippen LogP contribution in [0.5, 0.6) is 11.5 Å². The number of rotatable bonds is 3. The van der Waals surface area contributed by atoms with Gasteiger partial charge in [-0.25, -0.2) is 9.78 Å². The molecule has 0 spiro atoms. The Morgan fingerprint density at radius 1 is 1.29 bits per heavy atom. The summed E-state index contributed by atoms with van der Waals surface area (Å²) < 4.78 is 10.6. The number of hydrogen-bond acceptors (Lipinski definition) is 6. The van der Waals surface area contributed by atoms with E-state index in [1.165, 1.54) is 22.4 Å². The molecule has 7 nitrogen and oxygen atoms in total. The number of aromatic nitrogens is 1. The number of carbonyl (C=O) groups excluding carboxylic acids is 1. The summed E-state index contributed by atoms with van der Waals surface area (Å²) in [6, 6.07) is 4.75. The maximum absolute atomic E-state index is 12.6. The minimum atomic E-state index is -0.957. The lowest BCUT2D eigenvalue weighted by Gasteiger charge is -2.20. The number of nitrogens with zero attached hydrogens (tertiary/aromatic N) is 2. The van der Waals surface area contributed by atoms with Crippen LogP contribution in [-0.2, 0) is 4.79 Å². The molecule has 1 atom stereocenters. The molecule has 4 rings (SSSR count). The van der Waals surface area contributed by atoms with Crippen molar-refractivity contribution in [2.75, 3.05) is 13.3 Å². The molecule has 3 heterocycles. The first-order valence-electron chi connectivity index (χ1n) is 7.53. The summed E-state index contributed by atoms with van der Waals surface area (Å²) in [6.45, 7) is 0.666. The molecule has 1 aromatic heterocycles. The van der Waals surface area contributed by atoms with Crippen LogP contribution in [0.15, 0.2) is 24.4 Å². The number of fused-ring (bicyclic) bond motifs is 1. The van der Waals surface area contributed by atoms with E-state index >= 15 is 0 Å². The van der Waals surface area contributed by atoms with Gasteiger partial charge in [0.2, 0.25) is 6.79 Å². The fraction of sp³-hybridized carbons (Fsp3) is 0.312. The molecule has 0 radical (unpaired) electrons. The number of hydrogen-bond donors (Lipinski definition) is 1. The van der Waals surface area contributed by atoms with Gasteiger partial charge in [-0.2, -0.15) is 0 Å². The summed E-state index contributed by atoms with van der Waals surface area (Å²) in [5.74, 6) is 0.111. The number of aliphatic carboxylic acids is 1. The van der Waals surface area contributed by atoms with Crippen molar-refractivity contribution in [2.24, 2.45) is 0 Å². The third kappa shape index (κ3) is 2.48. The van der Waals surface area contributed by atoms with E-state index in [4.69, 9.17) is 9.47 Å². The van der Waals surface area contributed by atoms with E-state index in [1.807, 2.05) is 18.2 Å². The molecule has 1 saturated heterocycles. The van der Waals surface area contributed by atoms with Gasteiger partial charge in [0.25, 0.3) is 5.91 Å². The van der Waals surface area contributed by atoms with Crippen LogP contribution in [0.25, 0.3) is 10.6 Å². The lowest BCUT2D eigenvalue weighted by Crippen LogP contribution is -2.40. The SMILES string of the molecule is O=C(O)C1CCCN1C(=O)c1cnc(-c2ccc3c(c2)OCO3)s1. The number of amides is 1. The Kier molecular flexibility index (Phi) is 3.61. The summed E-state index contributed by atoms with van der Waals surface area (Å²) in [7, 11) is 0. The predicted molar refractivity (Wildman–Crippen MR) is 85.4 cm³/mol. The number of carboxylic acid groups (broad SMARTS) is 1. The molecule has 1 unspecified atom stereocenters. The lowest BCUT2D eigenvalue weighted by atomic mass is 10.2. The van der Waals surface area contributed by atoms with Crippen molar-refractivity contribution in [1.29, 1.82) is 0 Å². The zero-order chi connectivity index (χ0) is 16.7. The smallest absolute Gasteiger partial charge is 0.326 e. The van der Waals surface area contributed by atoms with Crippen molar-refractivity contribution >= 4 is 23.2 Å². The third-order valence-electron chi connectivity index (χ3n) is 4.13. The molecule has 0 aliphatic carbocycles. The number of ether oxygens (including phenoxy) is 2. The van der Waals surface area contributed by atoms with Gasteiger partial charge in [0.05, 0.1) is 6.20 Å². The highest BCUT2D eigenvalue weighted by atomic mass is 32.1. The van der Waals surface area contributed by atoms with E-state index in [-0.39, 0.29) is 12.7 Å². The first-order chi connectivity index (χ1) is 11.6. The maximum atomic E-state index is 12.6. The van der Waals surface area contributed by atoms with Gasteiger partial charge >= 0.3 is 5.97 Å². The molecule has 0 saturated carbocycles. The summed E-state index contributed by atoms with van der Waals surface area (Å²) in [6.07, 6.45) is 2.70. The Bertz CT molecular complexity index is 819. The second kappa shape index (κ2) is 5.79. The van der Waals surface area contributed by atoms with E-state index in [0.717, 1.165) is 5.56 Å². The van der Waals surface area contributed by atoms with Crippen molar-refractivity contribution in [3.8, 4) is 22.1 Å². The maximum Gasteiger partial charge on any atom is 0.326 e. The largest absolute Gasteiger partial charge is 0.480 e. The van der Waals surface area contributed by atoms with E-state index in [9.17, 15) is 14.7 Å². The zero-order valence-electron chi connectivity index (χ0n) is 12.6. The molecule has 1 amide bonds. The summed E-state index contributed by atoms with van der Waals surface area (Å²) in [4.78, 5) is 30.0. The number of benzene rings is 1. The Balaban J connectivity index is 1.58. The van der Waals surface area contributed by atoms with Crippen LogP contribution in [0.4, 0.5) is 0 Å². The zero-order valence-corrected chi connectivity index (χ0v) is 13.4. The predicted octanol–water partition coefficient (Wildman–Crippen LogP) is 2.23. The van der Waals surface area contributed by atoms with Crippen LogP contribution in [-0.4, -0.2) is 46.2 Å². The molecule has 2 aliphatic heterocycles. The van der Waals surface area contributed by atoms with Crippen molar-refractivity contribution in [3.05, 3.63) is 29.3 Å². The Morgan fingerprint density at radius 2 is 2.12 bits per heavy atom. The highest BCUT2D eigenvalue weighted by Crippen LogP contribution is 2.37. The molecular weight excluding hydrogens is 332 g/mol. The molecule has 0 bridgehead atoms. The summed E-state index contributed by atoms with van der Waals surface area (Å²) in [5, 5.41) is 9.90. The van der Waals surface area contributed by atoms with Crippen LogP contribution in [0.2, 0.25) is 0 Å². The monoisotopic (exact) mass is 346 g/mol. The average Bonchev–Trinajstić information content (AvgIpc) is 3.31. The van der Waals surface area contributed by atoms with Crippen LogP contribution < -0.4 is 9.47 Å². The van der Waals surface area contributed by atoms with Crippen molar-refractivity contribution in [1.82, 2.24) is 9.88 Å². The van der Waals surface area contributed by atoms with Crippen molar-refractivity contribution in [2.45, 2.75) is 18.9 Å². The Labute approximate surface area is 141 Å². The molecule has 124 valence electrons. The fourth-order valence-electron chi connectivity index (χ4n) is 2.94. The van der Waals surface area contributed by atoms with Gasteiger partial charge in [-0.05, 0) is 31.0 Å². The number of likely N-dealkylation sites (tertiary alicyclic amines) is 1. The van der Waals surface area contributed by atoms with Gasteiger partial charge < -0.3 is 19.5 Å². The minimum Gasteiger partial charge on any atom is -0.480 e. The molecule has 24 heavy (non-hydrogen) atoms. The number of carboxylic acids is 1. The molecule has 2 aliphatic rings. The second-order valence-corrected chi connectivity index (χ2v) is 6.62. The molecule has 1 N–H and O–H groups in total. The molecule has 8 heteroatoms. The lowest BCUT2D eigenvalue weighted by molar-refractivity contribution is -0.141. The Morgan fingerprint density at radius 3 is 2.96 bits per heavy atom. The highest BCUT2D eigenvalue weighted by Gasteiger charge is 2.35. The van der Waals surface area contributed by atoms with Crippen LogP contribution in [0.3, 0.4) is 0 Å². The summed E-state index contributed by atoms with van der Waals surface area (Å²) >= 11 is 1.25. The van der Waals surface area contributed by atoms with E-state index in [2.05, 4.69) is 4.98 Å². The fourth-order valence-corrected chi connectivity index (χ4v) is 3.81. The molecule has 1 fully saturated rings. The minimum absolute atomic E-state index is 0.200. The number of thiazole rings is 1. The normalized spacial score (nSPS) is 18.8. The van der Waals surface area contributed by atoms with Gasteiger partial charge in [0.1, 0.15) is 15.9 Å². The summed E-state index contributed by atoms with van der Waals surface area (Å²) in [5.41, 5.74) is 0.833. The average molecular weight is 346 g/mol. The quantitative estimate of drug-likeness (QED) is 0.917. The standard InChI is InChI=1S/C16H14N2O5S/c19-15(18-5-1-2-10(18)16(20)21)13-7-17-14(24-13)9-3-4-11-12(6-9)23-8-22-11/h3-4,6-7,10H,1-2,5,8H2,(H,20,21). The Hall–Kier alpha value is -2.61. The number of carbonyl (C=O) groups is 2. The van der Waals surface area contributed by atoms with Crippen molar-refractivity contribution in [3.63, 3.8) is 0 Å². The topological polar surface area (TPSA) is 89.0 Å². The highest BCUT2D eigenvalue weighted by molar-refractivity contribution is 7.16. The van der Waals surface area contributed by atoms with Crippen molar-refractivity contribution < 1.29 is 24.2 Å². The van der Waals surface area contributed by atoms with Gasteiger partial charge in [-0.3, -0.25) is 4.79 Å². The molecular formula is C16H14N2O5S. The van der Waals surface area contributed by atoms with Gasteiger partial charge in [0, 0.05) is 12.1 Å². The first kappa shape index (κ1) is 14.9. The third-order valence-corrected chi connectivity index (χ3v) is 5.17. The van der Waals surface area contributed by atoms with E-state index < -0.39 is 12.0 Å². The van der Waals surface area contributed by atoms with Gasteiger partial charge in [-0.1, -0.05) is 0 Å². The molecule has 2 aromatic rings. The van der Waals surface area contributed by atoms with E-state index in [0.29, 0.717) is 40.8 Å². The first-order valence-corrected chi connectivity index (χ1v) is 8.35. The van der Waals surface area contributed by atoms with E-state index in [1.54, 1.807) is 0 Å². The van der Waals surface area contributed by atoms with Crippen LogP contribution in [0.1, 0.15) is 22.5 Å². The molecule has 1 aromatic carbocycles. The van der Waals surface area contributed by atoms with Gasteiger partial charge in [-0.15, -0.1) is 11.3 Å². The van der Waals surface area contributed by atoms with Gasteiger partial charge in [0.15, 0.2) is 11.5 Å². The van der Waals surface area contributed by atoms with Crippen LogP contribution >= 0.6 is 11.3 Å². The van der Waals surface area contributed by atoms with Crippen LogP contribution in [0, 0.1) is 0 Å².